The quantitative estimate of drug-likeness (QED) is 0.430. The Hall–Kier alpha value is -4.12. The summed E-state index contributed by atoms with van der Waals surface area (Å²) in [4.78, 5) is 31.1. The molecule has 0 aliphatic heterocycles. The van der Waals surface area contributed by atoms with E-state index in [2.05, 4.69) is 10.3 Å². The summed E-state index contributed by atoms with van der Waals surface area (Å²) in [6.07, 6.45) is 5.82. The van der Waals surface area contributed by atoms with Gasteiger partial charge in [-0.25, -0.2) is 0 Å². The van der Waals surface area contributed by atoms with E-state index >= 15 is 0 Å². The van der Waals surface area contributed by atoms with Gasteiger partial charge in [-0.1, -0.05) is 66.2 Å². The molecule has 3 aromatic carbocycles. The second-order valence-corrected chi connectivity index (χ2v) is 8.12. The first-order chi connectivity index (χ1) is 16.0. The number of aromatic amines is 1. The van der Waals surface area contributed by atoms with E-state index in [0.29, 0.717) is 12.0 Å². The minimum atomic E-state index is -0.658. The van der Waals surface area contributed by atoms with Crippen molar-refractivity contribution >= 4 is 28.8 Å². The number of nitrogens with one attached hydrogen (secondary N) is 2. The molecule has 33 heavy (non-hydrogen) atoms. The third kappa shape index (κ3) is 5.21. The van der Waals surface area contributed by atoms with Gasteiger partial charge in [-0.15, -0.1) is 0 Å². The van der Waals surface area contributed by atoms with E-state index < -0.39 is 6.04 Å². The van der Waals surface area contributed by atoms with E-state index in [1.54, 1.807) is 25.4 Å². The summed E-state index contributed by atoms with van der Waals surface area (Å²) >= 11 is 0. The summed E-state index contributed by atoms with van der Waals surface area (Å²) in [5.74, 6) is -0.426. The molecule has 166 valence electrons. The van der Waals surface area contributed by atoms with E-state index in [1.807, 2.05) is 85.9 Å². The Morgan fingerprint density at radius 1 is 0.970 bits per heavy atom. The number of H-pyrrole nitrogens is 1. The summed E-state index contributed by atoms with van der Waals surface area (Å²) in [6.45, 7) is 1.98. The maximum absolute atomic E-state index is 13.2. The number of hydrogen-bond acceptors (Lipinski definition) is 2. The molecular formula is C28H27N3O2. The number of rotatable bonds is 7. The standard InChI is InChI=1S/C28H27N3O2/c1-20-12-14-22(15-13-20)28(33)31(2)26(18-21-8-4-3-5-9-21)27(32)29-17-16-23-19-30-25-11-7-6-10-24(23)25/h3-17,19,26,30H,18H2,1-2H3,(H,29,32). The van der Waals surface area contributed by atoms with Crippen LogP contribution < -0.4 is 5.32 Å². The van der Waals surface area contributed by atoms with Crippen molar-refractivity contribution in [3.05, 3.63) is 114 Å². The number of benzene rings is 3. The molecule has 2 amide bonds. The zero-order valence-corrected chi connectivity index (χ0v) is 18.8. The van der Waals surface area contributed by atoms with Crippen LogP contribution in [-0.2, 0) is 11.2 Å². The number of carbonyl (C=O) groups excluding carboxylic acids is 2. The second-order valence-electron chi connectivity index (χ2n) is 8.12. The Morgan fingerprint density at radius 3 is 2.42 bits per heavy atom. The average Bonchev–Trinajstić information content (AvgIpc) is 3.26. The van der Waals surface area contributed by atoms with Crippen molar-refractivity contribution in [1.82, 2.24) is 15.2 Å². The van der Waals surface area contributed by atoms with Gasteiger partial charge < -0.3 is 15.2 Å². The van der Waals surface area contributed by atoms with Crippen LogP contribution in [0.2, 0.25) is 0 Å². The van der Waals surface area contributed by atoms with E-state index in [4.69, 9.17) is 0 Å². The van der Waals surface area contributed by atoms with Gasteiger partial charge in [0.2, 0.25) is 5.91 Å². The van der Waals surface area contributed by atoms with Crippen molar-refractivity contribution in [2.45, 2.75) is 19.4 Å². The summed E-state index contributed by atoms with van der Waals surface area (Å²) in [5.41, 5.74) is 4.64. The topological polar surface area (TPSA) is 65.2 Å². The fourth-order valence-electron chi connectivity index (χ4n) is 3.83. The number of amides is 2. The number of para-hydroxylation sites is 1. The van der Waals surface area contributed by atoms with E-state index in [1.165, 1.54) is 4.90 Å². The highest BCUT2D eigenvalue weighted by Gasteiger charge is 2.27. The molecule has 4 rings (SSSR count). The Morgan fingerprint density at radius 2 is 1.67 bits per heavy atom. The van der Waals surface area contributed by atoms with Crippen LogP contribution in [0.4, 0.5) is 0 Å². The molecule has 1 atom stereocenters. The molecule has 1 heterocycles. The molecule has 1 aromatic heterocycles. The zero-order chi connectivity index (χ0) is 23.2. The molecule has 0 saturated carbocycles. The van der Waals surface area contributed by atoms with Gasteiger partial charge in [-0.3, -0.25) is 9.59 Å². The van der Waals surface area contributed by atoms with Gasteiger partial charge in [0.1, 0.15) is 6.04 Å². The largest absolute Gasteiger partial charge is 0.361 e. The van der Waals surface area contributed by atoms with Gasteiger partial charge in [-0.05, 0) is 36.8 Å². The molecule has 4 aromatic rings. The van der Waals surface area contributed by atoms with E-state index in [-0.39, 0.29) is 11.8 Å². The van der Waals surface area contributed by atoms with Gasteiger partial charge >= 0.3 is 0 Å². The van der Waals surface area contributed by atoms with Crippen molar-refractivity contribution in [3.8, 4) is 0 Å². The molecule has 0 saturated heterocycles. The second kappa shape index (κ2) is 10.0. The van der Waals surface area contributed by atoms with Crippen LogP contribution in [0.25, 0.3) is 17.0 Å². The van der Waals surface area contributed by atoms with Gasteiger partial charge in [-0.2, -0.15) is 0 Å². The fraction of sp³-hybridized carbons (Fsp3) is 0.143. The zero-order valence-electron chi connectivity index (χ0n) is 18.8. The van der Waals surface area contributed by atoms with Gasteiger partial charge in [0.05, 0.1) is 0 Å². The molecule has 2 N–H and O–H groups in total. The lowest BCUT2D eigenvalue weighted by Crippen LogP contribution is -2.47. The van der Waals surface area contributed by atoms with Crippen LogP contribution in [0.1, 0.15) is 27.0 Å². The molecule has 0 bridgehead atoms. The molecule has 1 unspecified atom stereocenters. The summed E-state index contributed by atoms with van der Waals surface area (Å²) in [7, 11) is 1.68. The van der Waals surface area contributed by atoms with Crippen molar-refractivity contribution in [1.29, 1.82) is 0 Å². The molecule has 0 aliphatic rings. The molecule has 0 radical (unpaired) electrons. The van der Waals surface area contributed by atoms with Crippen LogP contribution >= 0.6 is 0 Å². The molecule has 5 nitrogen and oxygen atoms in total. The number of hydrogen-bond donors (Lipinski definition) is 2. The summed E-state index contributed by atoms with van der Waals surface area (Å²) in [5, 5.41) is 3.95. The first-order valence-corrected chi connectivity index (χ1v) is 10.9. The Balaban J connectivity index is 1.53. The molecule has 5 heteroatoms. The fourth-order valence-corrected chi connectivity index (χ4v) is 3.83. The van der Waals surface area contributed by atoms with Crippen LogP contribution in [-0.4, -0.2) is 34.8 Å². The van der Waals surface area contributed by atoms with E-state index in [9.17, 15) is 9.59 Å². The highest BCUT2D eigenvalue weighted by atomic mass is 16.2. The SMILES string of the molecule is Cc1ccc(C(=O)N(C)C(Cc2ccccc2)C(=O)NC=Cc2c[nH]c3ccccc23)cc1. The van der Waals surface area contributed by atoms with Crippen LogP contribution in [0, 0.1) is 6.92 Å². The number of aromatic nitrogens is 1. The summed E-state index contributed by atoms with van der Waals surface area (Å²) in [6, 6.07) is 24.4. The van der Waals surface area contributed by atoms with Gasteiger partial charge in [0.15, 0.2) is 0 Å². The van der Waals surface area contributed by atoms with Crippen LogP contribution in [0.15, 0.2) is 91.3 Å². The number of fused-ring (bicyclic) bond motifs is 1. The molecule has 0 fully saturated rings. The van der Waals surface area contributed by atoms with E-state index in [0.717, 1.165) is 27.6 Å². The van der Waals surface area contributed by atoms with Gasteiger partial charge in [0, 0.05) is 47.9 Å². The summed E-state index contributed by atoms with van der Waals surface area (Å²) < 4.78 is 0. The monoisotopic (exact) mass is 437 g/mol. The van der Waals surface area contributed by atoms with Crippen molar-refractivity contribution < 1.29 is 9.59 Å². The predicted molar refractivity (Wildman–Crippen MR) is 133 cm³/mol. The van der Waals surface area contributed by atoms with Crippen LogP contribution in [0.5, 0.6) is 0 Å². The third-order valence-corrected chi connectivity index (χ3v) is 5.77. The molecular weight excluding hydrogens is 410 g/mol. The van der Waals surface area contributed by atoms with Gasteiger partial charge in [0.25, 0.3) is 5.91 Å². The number of likely N-dealkylation sites (N-methyl/N-ethyl adjacent to an activating group) is 1. The first-order valence-electron chi connectivity index (χ1n) is 10.9. The molecule has 0 aliphatic carbocycles. The van der Waals surface area contributed by atoms with Crippen molar-refractivity contribution in [2.75, 3.05) is 7.05 Å². The van der Waals surface area contributed by atoms with Crippen molar-refractivity contribution in [3.63, 3.8) is 0 Å². The Labute approximate surface area is 193 Å². The lowest BCUT2D eigenvalue weighted by Gasteiger charge is -2.27. The maximum atomic E-state index is 13.2. The average molecular weight is 438 g/mol. The minimum absolute atomic E-state index is 0.188. The lowest BCUT2D eigenvalue weighted by molar-refractivity contribution is -0.124. The Kier molecular flexibility index (Phi) is 6.69. The number of aryl methyl sites for hydroxylation is 1. The van der Waals surface area contributed by atoms with Crippen molar-refractivity contribution in [2.24, 2.45) is 0 Å². The Bertz CT molecular complexity index is 1270. The number of nitrogens with zero attached hydrogens (tertiary/aromatic N) is 1. The molecule has 0 spiro atoms. The normalized spacial score (nSPS) is 12.1. The van der Waals surface area contributed by atoms with Crippen LogP contribution in [0.3, 0.4) is 0 Å². The minimum Gasteiger partial charge on any atom is -0.361 e. The maximum Gasteiger partial charge on any atom is 0.254 e. The predicted octanol–water partition coefficient (Wildman–Crippen LogP) is 4.95. The smallest absolute Gasteiger partial charge is 0.254 e. The number of carbonyl (C=O) groups is 2. The third-order valence-electron chi connectivity index (χ3n) is 5.77. The highest BCUT2D eigenvalue weighted by Crippen LogP contribution is 2.19. The first kappa shape index (κ1) is 22.1. The highest BCUT2D eigenvalue weighted by molar-refractivity contribution is 5.98. The lowest BCUT2D eigenvalue weighted by atomic mass is 10.0.